The van der Waals surface area contributed by atoms with Gasteiger partial charge in [-0.2, -0.15) is 0 Å². The summed E-state index contributed by atoms with van der Waals surface area (Å²) in [6.45, 7) is 0.511. The maximum atomic E-state index is 14.0. The molecule has 1 aliphatic heterocycles. The van der Waals surface area contributed by atoms with Crippen LogP contribution in [-0.4, -0.2) is 12.4 Å². The molecule has 0 aromatic heterocycles. The number of fused-ring (bicyclic) bond motifs is 1. The van der Waals surface area contributed by atoms with Crippen molar-refractivity contribution in [3.63, 3.8) is 0 Å². The van der Waals surface area contributed by atoms with E-state index in [1.54, 1.807) is 18.2 Å². The summed E-state index contributed by atoms with van der Waals surface area (Å²) in [5, 5.41) is 0.452. The second-order valence-electron chi connectivity index (χ2n) is 4.47. The minimum atomic E-state index is -0.579. The van der Waals surface area contributed by atoms with Crippen molar-refractivity contribution in [3.8, 4) is 5.75 Å². The van der Waals surface area contributed by atoms with Crippen LogP contribution in [0.2, 0.25) is 5.02 Å². The Bertz CT molecular complexity index is 715. The number of ketones is 1. The molecule has 0 atom stereocenters. The predicted octanol–water partition coefficient (Wildman–Crippen LogP) is 4.41. The molecule has 5 heteroatoms. The van der Waals surface area contributed by atoms with Gasteiger partial charge in [-0.25, -0.2) is 4.39 Å². The molecule has 0 saturated carbocycles. The first-order valence-corrected chi connectivity index (χ1v) is 7.19. The molecule has 0 N–H and O–H groups in total. The van der Waals surface area contributed by atoms with E-state index >= 15 is 0 Å². The molecule has 0 radical (unpaired) electrons. The molecule has 0 saturated heterocycles. The SMILES string of the molecule is O=C(c1cccc(Br)c1F)c1cc(Cl)cc2c1OCC2. The molecular weight excluding hydrogens is 347 g/mol. The van der Waals surface area contributed by atoms with E-state index in [0.29, 0.717) is 29.4 Å². The Labute approximate surface area is 128 Å². The molecule has 0 amide bonds. The summed E-state index contributed by atoms with van der Waals surface area (Å²) < 4.78 is 19.8. The molecule has 1 heterocycles. The molecule has 2 aromatic carbocycles. The maximum Gasteiger partial charge on any atom is 0.199 e. The average Bonchev–Trinajstić information content (AvgIpc) is 2.88. The number of hydrogen-bond donors (Lipinski definition) is 0. The molecule has 0 bridgehead atoms. The van der Waals surface area contributed by atoms with Gasteiger partial charge >= 0.3 is 0 Å². The largest absolute Gasteiger partial charge is 0.492 e. The lowest BCUT2D eigenvalue weighted by molar-refractivity contribution is 0.103. The van der Waals surface area contributed by atoms with Crippen molar-refractivity contribution >= 4 is 33.3 Å². The normalized spacial score (nSPS) is 12.9. The van der Waals surface area contributed by atoms with Gasteiger partial charge in [-0.15, -0.1) is 0 Å². The molecule has 102 valence electrons. The van der Waals surface area contributed by atoms with Crippen LogP contribution in [0.4, 0.5) is 4.39 Å². The Morgan fingerprint density at radius 3 is 2.90 bits per heavy atom. The Hall–Kier alpha value is -1.39. The molecule has 0 spiro atoms. The highest BCUT2D eigenvalue weighted by Gasteiger charge is 2.25. The van der Waals surface area contributed by atoms with Crippen molar-refractivity contribution in [1.29, 1.82) is 0 Å². The summed E-state index contributed by atoms with van der Waals surface area (Å²) in [6.07, 6.45) is 0.705. The smallest absolute Gasteiger partial charge is 0.199 e. The maximum absolute atomic E-state index is 14.0. The fraction of sp³-hybridized carbons (Fsp3) is 0.133. The first-order chi connectivity index (χ1) is 9.58. The van der Waals surface area contributed by atoms with Gasteiger partial charge in [-0.05, 0) is 45.8 Å². The number of hydrogen-bond acceptors (Lipinski definition) is 2. The fourth-order valence-corrected chi connectivity index (χ4v) is 2.87. The molecule has 2 nitrogen and oxygen atoms in total. The van der Waals surface area contributed by atoms with E-state index in [4.69, 9.17) is 16.3 Å². The Balaban J connectivity index is 2.14. The number of carbonyl (C=O) groups excluding carboxylic acids is 1. The summed E-state index contributed by atoms with van der Waals surface area (Å²) in [5.74, 6) is -0.493. The molecule has 2 aromatic rings. The van der Waals surface area contributed by atoms with Crippen LogP contribution in [-0.2, 0) is 6.42 Å². The minimum absolute atomic E-state index is 0.000610. The van der Waals surface area contributed by atoms with Gasteiger partial charge in [0.1, 0.15) is 11.6 Å². The molecule has 1 aliphatic rings. The summed E-state index contributed by atoms with van der Waals surface area (Å²) in [5.41, 5.74) is 1.19. The van der Waals surface area contributed by atoms with Crippen molar-refractivity contribution < 1.29 is 13.9 Å². The Morgan fingerprint density at radius 2 is 2.10 bits per heavy atom. The number of carbonyl (C=O) groups is 1. The van der Waals surface area contributed by atoms with Gasteiger partial charge in [-0.3, -0.25) is 4.79 Å². The van der Waals surface area contributed by atoms with Crippen LogP contribution in [0.1, 0.15) is 21.5 Å². The van der Waals surface area contributed by atoms with Crippen LogP contribution in [0.25, 0.3) is 0 Å². The predicted molar refractivity (Wildman–Crippen MR) is 78.2 cm³/mol. The van der Waals surface area contributed by atoms with Gasteiger partial charge in [-0.1, -0.05) is 17.7 Å². The quantitative estimate of drug-likeness (QED) is 0.746. The summed E-state index contributed by atoms with van der Waals surface area (Å²) >= 11 is 9.10. The van der Waals surface area contributed by atoms with Gasteiger partial charge in [0.15, 0.2) is 5.78 Å². The first kappa shape index (κ1) is 13.6. The van der Waals surface area contributed by atoms with E-state index in [1.165, 1.54) is 12.1 Å². The zero-order valence-corrected chi connectivity index (χ0v) is 12.6. The average molecular weight is 356 g/mol. The molecule has 0 aliphatic carbocycles. The first-order valence-electron chi connectivity index (χ1n) is 6.02. The molecule has 3 rings (SSSR count). The van der Waals surface area contributed by atoms with Gasteiger partial charge in [0.25, 0.3) is 0 Å². The third-order valence-electron chi connectivity index (χ3n) is 3.19. The van der Waals surface area contributed by atoms with Gasteiger partial charge < -0.3 is 4.74 Å². The van der Waals surface area contributed by atoms with Gasteiger partial charge in [0, 0.05) is 11.4 Å². The van der Waals surface area contributed by atoms with Crippen LogP contribution < -0.4 is 4.74 Å². The lowest BCUT2D eigenvalue weighted by Gasteiger charge is -2.09. The zero-order valence-electron chi connectivity index (χ0n) is 10.3. The van der Waals surface area contributed by atoms with Crippen LogP contribution >= 0.6 is 27.5 Å². The Kier molecular flexibility index (Phi) is 3.52. The van der Waals surface area contributed by atoms with Crippen LogP contribution in [0.5, 0.6) is 5.75 Å². The van der Waals surface area contributed by atoms with Gasteiger partial charge in [0.05, 0.1) is 22.2 Å². The van der Waals surface area contributed by atoms with E-state index in [9.17, 15) is 9.18 Å². The Morgan fingerprint density at radius 1 is 1.30 bits per heavy atom. The van der Waals surface area contributed by atoms with E-state index < -0.39 is 11.6 Å². The molecule has 20 heavy (non-hydrogen) atoms. The molecule has 0 unspecified atom stereocenters. The van der Waals surface area contributed by atoms with E-state index in [-0.39, 0.29) is 10.0 Å². The van der Waals surface area contributed by atoms with Crippen LogP contribution in [0.3, 0.4) is 0 Å². The van der Waals surface area contributed by atoms with Crippen molar-refractivity contribution in [2.75, 3.05) is 6.61 Å². The van der Waals surface area contributed by atoms with Crippen molar-refractivity contribution in [1.82, 2.24) is 0 Å². The van der Waals surface area contributed by atoms with Crippen molar-refractivity contribution in [2.45, 2.75) is 6.42 Å². The van der Waals surface area contributed by atoms with E-state index in [1.807, 2.05) is 0 Å². The highest BCUT2D eigenvalue weighted by Crippen LogP contribution is 2.35. The van der Waals surface area contributed by atoms with Crippen LogP contribution in [0, 0.1) is 5.82 Å². The van der Waals surface area contributed by atoms with Crippen LogP contribution in [0.15, 0.2) is 34.8 Å². The monoisotopic (exact) mass is 354 g/mol. The highest BCUT2D eigenvalue weighted by molar-refractivity contribution is 9.10. The number of ether oxygens (including phenoxy) is 1. The van der Waals surface area contributed by atoms with E-state index in [2.05, 4.69) is 15.9 Å². The number of benzene rings is 2. The summed E-state index contributed by atoms with van der Waals surface area (Å²) in [7, 11) is 0. The van der Waals surface area contributed by atoms with Gasteiger partial charge in [0.2, 0.25) is 0 Å². The van der Waals surface area contributed by atoms with Crippen molar-refractivity contribution in [2.24, 2.45) is 0 Å². The molecule has 0 fully saturated rings. The van der Waals surface area contributed by atoms with E-state index in [0.717, 1.165) is 5.56 Å². The third kappa shape index (κ3) is 2.23. The lowest BCUT2D eigenvalue weighted by Crippen LogP contribution is -2.06. The topological polar surface area (TPSA) is 26.3 Å². The van der Waals surface area contributed by atoms with Crippen molar-refractivity contribution in [3.05, 3.63) is 62.3 Å². The summed E-state index contributed by atoms with van der Waals surface area (Å²) in [6, 6.07) is 7.91. The second kappa shape index (κ2) is 5.19. The summed E-state index contributed by atoms with van der Waals surface area (Å²) in [4.78, 5) is 12.5. The highest BCUT2D eigenvalue weighted by atomic mass is 79.9. The third-order valence-corrected chi connectivity index (χ3v) is 4.02. The number of halogens is 3. The minimum Gasteiger partial charge on any atom is -0.492 e. The lowest BCUT2D eigenvalue weighted by atomic mass is 9.99. The zero-order chi connectivity index (χ0) is 14.3. The second-order valence-corrected chi connectivity index (χ2v) is 5.76. The number of rotatable bonds is 2. The fourth-order valence-electron chi connectivity index (χ4n) is 2.26. The standard InChI is InChI=1S/C15H9BrClFO2/c16-12-3-1-2-10(13(12)18)14(19)11-7-9(17)6-8-4-5-20-15(8)11/h1-3,6-7H,4-5H2. The molecular formula is C15H9BrClFO2.